The predicted molar refractivity (Wildman–Crippen MR) is 216 cm³/mol. The molecule has 0 aliphatic rings. The van der Waals surface area contributed by atoms with Gasteiger partial charge >= 0.3 is 0 Å². The molecule has 4 rings (SSSR count). The summed E-state index contributed by atoms with van der Waals surface area (Å²) < 4.78 is 8.34. The Kier molecular flexibility index (Phi) is 13.7. The molecule has 0 spiro atoms. The van der Waals surface area contributed by atoms with Gasteiger partial charge in [0.25, 0.3) is 5.91 Å². The molecule has 2 atom stereocenters. The number of nitrogens with zero attached hydrogens (tertiary/aromatic N) is 5. The lowest BCUT2D eigenvalue weighted by atomic mass is 9.76. The number of aromatic amines is 1. The first kappa shape index (κ1) is 40.6. The fraction of sp³-hybridized carbons (Fsp3) is 0.581. The molecule has 9 nitrogen and oxygen atoms in total. The van der Waals surface area contributed by atoms with Crippen molar-refractivity contribution in [1.29, 1.82) is 0 Å². The molecule has 2 N–H and O–H groups in total. The van der Waals surface area contributed by atoms with Crippen LogP contribution >= 0.6 is 0 Å². The highest BCUT2D eigenvalue weighted by Gasteiger charge is 2.29. The Balaban J connectivity index is 1.55. The highest BCUT2D eigenvalue weighted by atomic mass is 16.5. The van der Waals surface area contributed by atoms with E-state index in [4.69, 9.17) is 19.8 Å². The van der Waals surface area contributed by atoms with E-state index in [0.717, 1.165) is 74.2 Å². The molecule has 52 heavy (non-hydrogen) atoms. The second kappa shape index (κ2) is 17.6. The summed E-state index contributed by atoms with van der Waals surface area (Å²) in [6, 6.07) is 12.9. The van der Waals surface area contributed by atoms with Crippen LogP contribution in [0.4, 0.5) is 11.4 Å². The van der Waals surface area contributed by atoms with Gasteiger partial charge in [-0.25, -0.2) is 9.98 Å². The molecule has 0 saturated carbocycles. The molecule has 0 aliphatic heterocycles. The van der Waals surface area contributed by atoms with Crippen LogP contribution in [0.15, 0.2) is 41.4 Å². The first-order chi connectivity index (χ1) is 24.7. The zero-order valence-electron chi connectivity index (χ0n) is 33.9. The monoisotopic (exact) mass is 712 g/mol. The van der Waals surface area contributed by atoms with Crippen molar-refractivity contribution in [2.24, 2.45) is 4.99 Å². The molecule has 4 aromatic rings. The van der Waals surface area contributed by atoms with Crippen LogP contribution in [-0.4, -0.2) is 51.5 Å². The number of anilines is 1. The van der Waals surface area contributed by atoms with E-state index in [9.17, 15) is 4.79 Å². The van der Waals surface area contributed by atoms with Crippen LogP contribution in [-0.2, 0) is 15.6 Å². The van der Waals surface area contributed by atoms with Crippen molar-refractivity contribution in [1.82, 2.24) is 25.1 Å². The van der Waals surface area contributed by atoms with Crippen LogP contribution in [0.3, 0.4) is 0 Å². The number of H-pyrrole nitrogens is 1. The number of carbonyl (C=O) groups excluding carboxylic acids is 1. The van der Waals surface area contributed by atoms with E-state index >= 15 is 0 Å². The lowest BCUT2D eigenvalue weighted by Gasteiger charge is -2.31. The molecule has 2 heterocycles. The third kappa shape index (κ3) is 9.44. The number of aromatic nitrogens is 4. The van der Waals surface area contributed by atoms with E-state index in [2.05, 4.69) is 128 Å². The van der Waals surface area contributed by atoms with Gasteiger partial charge < -0.3 is 15.0 Å². The van der Waals surface area contributed by atoms with Crippen molar-refractivity contribution in [3.05, 3.63) is 69.6 Å². The minimum Gasteiger partial charge on any atom is -0.480 e. The number of benzene rings is 2. The molecule has 0 aliphatic carbocycles. The second-order valence-corrected chi connectivity index (χ2v) is 15.7. The van der Waals surface area contributed by atoms with Crippen LogP contribution < -0.4 is 25.7 Å². The Morgan fingerprint density at radius 2 is 1.71 bits per heavy atom. The van der Waals surface area contributed by atoms with Gasteiger partial charge in [-0.2, -0.15) is 4.63 Å². The average Bonchev–Trinajstić information content (AvgIpc) is 3.67. The van der Waals surface area contributed by atoms with Crippen molar-refractivity contribution in [2.45, 2.75) is 144 Å². The molecule has 0 radical (unpaired) electrons. The van der Waals surface area contributed by atoms with E-state index < -0.39 is 6.10 Å². The molecule has 2 unspecified atom stereocenters. The molecule has 9 heteroatoms. The van der Waals surface area contributed by atoms with E-state index in [0.29, 0.717) is 35.1 Å². The van der Waals surface area contributed by atoms with E-state index in [-0.39, 0.29) is 22.7 Å². The van der Waals surface area contributed by atoms with Crippen molar-refractivity contribution < 1.29 is 9.53 Å². The molecular formula is C43H65N7O2. The topological polar surface area (TPSA) is 99.9 Å². The lowest BCUT2D eigenvalue weighted by molar-refractivity contribution is -0.128. The number of nitrogens with one attached hydrogen (secondary N) is 2. The molecule has 2 aromatic carbocycles. The first-order valence-electron chi connectivity index (χ1n) is 19.7. The third-order valence-electron chi connectivity index (χ3n) is 11.1. The standard InChI is InChI=1S/C43H65N7O2/c1-13-18-19-20-21-37(52-36-25-22-32(42(9,10)14-2)27-34(36)43(11,12)15-3)41(51)44-28-30(7)39-46-40-38(31(8)47-50(40)48-39)45-35-24-23-33(26-29(35)6)49(16-4)17-5/h22-27,30,37,47H,8,13-21,28H2,1-7,9-12H3,(H,44,51). The molecule has 1 amide bonds. The summed E-state index contributed by atoms with van der Waals surface area (Å²) in [5.41, 5.74) is 6.15. The Bertz CT molecular complexity index is 1900. The van der Waals surface area contributed by atoms with Crippen LogP contribution in [0, 0.1) is 6.92 Å². The number of aryl methyl sites for hydroxylation is 1. The van der Waals surface area contributed by atoms with Gasteiger partial charge in [-0.3, -0.25) is 9.89 Å². The fourth-order valence-electron chi connectivity index (χ4n) is 6.46. The van der Waals surface area contributed by atoms with Crippen LogP contribution in [0.2, 0.25) is 0 Å². The van der Waals surface area contributed by atoms with Gasteiger partial charge in [0, 0.05) is 36.8 Å². The van der Waals surface area contributed by atoms with Gasteiger partial charge in [0.05, 0.1) is 11.0 Å². The van der Waals surface area contributed by atoms with Crippen molar-refractivity contribution in [3.63, 3.8) is 0 Å². The van der Waals surface area contributed by atoms with Gasteiger partial charge in [-0.15, -0.1) is 5.10 Å². The Morgan fingerprint density at radius 3 is 2.35 bits per heavy atom. The Morgan fingerprint density at radius 1 is 1.00 bits per heavy atom. The highest BCUT2D eigenvalue weighted by Crippen LogP contribution is 2.39. The van der Waals surface area contributed by atoms with Gasteiger partial charge in [-0.05, 0) is 92.7 Å². The second-order valence-electron chi connectivity index (χ2n) is 15.7. The maximum atomic E-state index is 13.9. The van der Waals surface area contributed by atoms with Gasteiger partial charge in [-0.1, -0.05) is 93.4 Å². The summed E-state index contributed by atoms with van der Waals surface area (Å²) in [4.78, 5) is 26.1. The van der Waals surface area contributed by atoms with Crippen molar-refractivity contribution in [2.75, 3.05) is 24.5 Å². The summed E-state index contributed by atoms with van der Waals surface area (Å²) in [6.07, 6.45) is 6.35. The zero-order chi connectivity index (χ0) is 38.2. The summed E-state index contributed by atoms with van der Waals surface area (Å²) in [5, 5.41) is 12.4. The van der Waals surface area contributed by atoms with Gasteiger partial charge in [0.15, 0.2) is 11.9 Å². The Hall–Kier alpha value is -4.14. The third-order valence-corrected chi connectivity index (χ3v) is 11.1. The maximum absolute atomic E-state index is 13.9. The summed E-state index contributed by atoms with van der Waals surface area (Å²) in [7, 11) is 0. The number of hydrogen-bond acceptors (Lipinski definition) is 6. The highest BCUT2D eigenvalue weighted by molar-refractivity contribution is 5.81. The smallest absolute Gasteiger partial charge is 0.261 e. The molecular weight excluding hydrogens is 647 g/mol. The van der Waals surface area contributed by atoms with Crippen molar-refractivity contribution in [3.8, 4) is 5.75 Å². The molecule has 0 bridgehead atoms. The van der Waals surface area contributed by atoms with E-state index in [1.807, 2.05) is 6.92 Å². The predicted octanol–water partition coefficient (Wildman–Crippen LogP) is 8.59. The Labute approximate surface area is 312 Å². The number of rotatable bonds is 19. The number of unbranched alkanes of at least 4 members (excludes halogenated alkanes) is 3. The molecule has 0 saturated heterocycles. The van der Waals surface area contributed by atoms with Crippen LogP contribution in [0.1, 0.15) is 143 Å². The number of ether oxygens (including phenoxy) is 1. The quantitative estimate of drug-likeness (QED) is 0.0950. The lowest BCUT2D eigenvalue weighted by Crippen LogP contribution is -2.40. The largest absolute Gasteiger partial charge is 0.480 e. The SMILES string of the molecule is C=c1[nH]n2nc(C(C)CNC(=O)C(CCCCCC)Oc3ccc(C(C)(C)CC)cc3C(C)(C)CC)nc2c1=Nc1ccc(N(CC)CC)cc1C. The first-order valence-corrected chi connectivity index (χ1v) is 19.7. The minimum absolute atomic E-state index is 0.0522. The number of carbonyl (C=O) groups is 1. The van der Waals surface area contributed by atoms with Crippen LogP contribution in [0.25, 0.3) is 12.2 Å². The zero-order valence-corrected chi connectivity index (χ0v) is 33.9. The van der Waals surface area contributed by atoms with E-state index in [1.54, 1.807) is 4.63 Å². The normalized spacial score (nSPS) is 13.8. The van der Waals surface area contributed by atoms with Gasteiger partial charge in [0.1, 0.15) is 11.1 Å². The summed E-state index contributed by atoms with van der Waals surface area (Å²) >= 11 is 0. The minimum atomic E-state index is -0.597. The number of amides is 1. The van der Waals surface area contributed by atoms with Crippen LogP contribution in [0.5, 0.6) is 5.75 Å². The average molecular weight is 712 g/mol. The molecule has 0 fully saturated rings. The number of fused-ring (bicyclic) bond motifs is 1. The molecule has 2 aromatic heterocycles. The van der Waals surface area contributed by atoms with Crippen molar-refractivity contribution >= 4 is 29.5 Å². The summed E-state index contributed by atoms with van der Waals surface area (Å²) in [6.45, 7) is 30.6. The van der Waals surface area contributed by atoms with E-state index in [1.165, 1.54) is 11.3 Å². The fourth-order valence-corrected chi connectivity index (χ4v) is 6.46. The summed E-state index contributed by atoms with van der Waals surface area (Å²) in [5.74, 6) is 1.18. The van der Waals surface area contributed by atoms with Gasteiger partial charge in [0.2, 0.25) is 5.65 Å². The molecule has 284 valence electrons. The number of hydrogen-bond donors (Lipinski definition) is 2. The maximum Gasteiger partial charge on any atom is 0.261 e.